The molecule has 2 aliphatic rings. The van der Waals surface area contributed by atoms with Gasteiger partial charge in [0.15, 0.2) is 0 Å². The highest BCUT2D eigenvalue weighted by molar-refractivity contribution is 8.01. The van der Waals surface area contributed by atoms with Crippen molar-refractivity contribution in [3.05, 3.63) is 22.8 Å². The van der Waals surface area contributed by atoms with E-state index >= 15 is 0 Å². The summed E-state index contributed by atoms with van der Waals surface area (Å²) in [6, 6.07) is 0. The molecule has 2 aliphatic heterocycles. The molecule has 4 nitrogen and oxygen atoms in total. The summed E-state index contributed by atoms with van der Waals surface area (Å²) in [5.41, 5.74) is 0.892. The van der Waals surface area contributed by atoms with E-state index in [1.165, 1.54) is 17.0 Å². The van der Waals surface area contributed by atoms with Crippen molar-refractivity contribution in [2.75, 3.05) is 6.54 Å². The van der Waals surface area contributed by atoms with E-state index in [-0.39, 0.29) is 0 Å². The summed E-state index contributed by atoms with van der Waals surface area (Å²) in [4.78, 5) is 1.11. The third-order valence-electron chi connectivity index (χ3n) is 1.65. The topological polar surface area (TPSA) is 65.1 Å². The molecular weight excluding hydrogens is 160 g/mol. The Labute approximate surface area is 68.7 Å². The van der Waals surface area contributed by atoms with Gasteiger partial charge in [0.05, 0.1) is 6.54 Å². The number of nitrogens with zero attached hydrogens (tertiary/aromatic N) is 1. The molecular formula is C6H8N4S. The Morgan fingerprint density at radius 2 is 2.55 bits per heavy atom. The van der Waals surface area contributed by atoms with Gasteiger partial charge in [-0.25, -0.2) is 5.84 Å². The molecule has 0 spiro atoms. The number of nitrogens with one attached hydrogen (secondary N) is 2. The molecule has 0 fully saturated rings. The number of nitrogens with two attached hydrogens (primary N) is 1. The molecule has 0 radical (unpaired) electrons. The lowest BCUT2D eigenvalue weighted by Crippen LogP contribution is -2.40. The molecule has 11 heavy (non-hydrogen) atoms. The van der Waals surface area contributed by atoms with Crippen LogP contribution in [0.15, 0.2) is 22.8 Å². The van der Waals surface area contributed by atoms with Crippen LogP contribution in [0.2, 0.25) is 0 Å². The molecule has 4 N–H and O–H groups in total. The van der Waals surface area contributed by atoms with E-state index in [0.29, 0.717) is 12.4 Å². The van der Waals surface area contributed by atoms with Gasteiger partial charge < -0.3 is 4.72 Å². The minimum absolute atomic E-state index is 0.389. The Morgan fingerprint density at radius 1 is 1.73 bits per heavy atom. The Kier molecular flexibility index (Phi) is 1.40. The van der Waals surface area contributed by atoms with Crippen LogP contribution in [0, 0.1) is 5.41 Å². The Balaban J connectivity index is 2.39. The second-order valence-corrected chi connectivity index (χ2v) is 3.23. The summed E-state index contributed by atoms with van der Waals surface area (Å²) in [5.74, 6) is 5.91. The minimum Gasteiger partial charge on any atom is -0.332 e. The fourth-order valence-electron chi connectivity index (χ4n) is 1.04. The van der Waals surface area contributed by atoms with Crippen molar-refractivity contribution in [3.63, 3.8) is 0 Å². The number of rotatable bonds is 0. The fourth-order valence-corrected chi connectivity index (χ4v) is 1.77. The molecule has 0 aliphatic carbocycles. The number of hydrazine groups is 1. The predicted molar refractivity (Wildman–Crippen MR) is 45.5 cm³/mol. The quantitative estimate of drug-likeness (QED) is 0.356. The van der Waals surface area contributed by atoms with Crippen LogP contribution in [-0.4, -0.2) is 17.4 Å². The first-order chi connectivity index (χ1) is 5.29. The minimum atomic E-state index is 0.389. The average Bonchev–Trinajstić information content (AvgIpc) is 2.45. The molecule has 2 heterocycles. The number of fused-ring (bicyclic) bond motifs is 1. The van der Waals surface area contributed by atoms with Gasteiger partial charge in [-0.3, -0.25) is 10.4 Å². The maximum absolute atomic E-state index is 7.56. The van der Waals surface area contributed by atoms with Crippen LogP contribution in [0.4, 0.5) is 0 Å². The zero-order valence-electron chi connectivity index (χ0n) is 5.79. The van der Waals surface area contributed by atoms with Crippen molar-refractivity contribution in [2.24, 2.45) is 5.84 Å². The molecule has 0 unspecified atom stereocenters. The molecule has 0 aromatic carbocycles. The van der Waals surface area contributed by atoms with Crippen molar-refractivity contribution in [3.8, 4) is 0 Å². The first-order valence-corrected chi connectivity index (χ1v) is 4.05. The number of hydrogen-bond acceptors (Lipinski definition) is 4. The molecule has 5 heteroatoms. The van der Waals surface area contributed by atoms with Crippen LogP contribution < -0.4 is 10.6 Å². The summed E-state index contributed by atoms with van der Waals surface area (Å²) in [6.45, 7) is 0.625. The molecule has 0 aromatic heterocycles. The van der Waals surface area contributed by atoms with Gasteiger partial charge in [-0.15, -0.1) is 0 Å². The zero-order valence-corrected chi connectivity index (χ0v) is 6.61. The van der Waals surface area contributed by atoms with E-state index in [2.05, 4.69) is 4.72 Å². The fraction of sp³-hybridized carbons (Fsp3) is 0.167. The Bertz CT molecular complexity index is 268. The van der Waals surface area contributed by atoms with Gasteiger partial charge >= 0.3 is 0 Å². The lowest BCUT2D eigenvalue weighted by atomic mass is 10.2. The second-order valence-electron chi connectivity index (χ2n) is 2.35. The van der Waals surface area contributed by atoms with E-state index in [0.717, 1.165) is 10.5 Å². The molecule has 0 bridgehead atoms. The van der Waals surface area contributed by atoms with E-state index in [4.69, 9.17) is 11.3 Å². The third kappa shape index (κ3) is 0.928. The molecule has 0 saturated heterocycles. The van der Waals surface area contributed by atoms with Gasteiger partial charge in [0.2, 0.25) is 0 Å². The predicted octanol–water partition coefficient (Wildman–Crippen LogP) is 0.172. The summed E-state index contributed by atoms with van der Waals surface area (Å²) >= 11 is 1.53. The van der Waals surface area contributed by atoms with Gasteiger partial charge in [0.1, 0.15) is 5.84 Å². The van der Waals surface area contributed by atoms with Crippen LogP contribution in [0.3, 0.4) is 0 Å². The maximum Gasteiger partial charge on any atom is 0.145 e. The summed E-state index contributed by atoms with van der Waals surface area (Å²) in [5, 5.41) is 8.98. The summed E-state index contributed by atoms with van der Waals surface area (Å²) < 4.78 is 2.98. The van der Waals surface area contributed by atoms with Crippen molar-refractivity contribution in [1.29, 1.82) is 5.41 Å². The van der Waals surface area contributed by atoms with E-state index in [9.17, 15) is 0 Å². The SMILES string of the molecule is N=C1C2=CNSC2=CCN1N. The van der Waals surface area contributed by atoms with Gasteiger partial charge in [0, 0.05) is 16.7 Å². The van der Waals surface area contributed by atoms with E-state index in [1.54, 1.807) is 6.20 Å². The van der Waals surface area contributed by atoms with Gasteiger partial charge in [-0.2, -0.15) is 0 Å². The monoisotopic (exact) mass is 168 g/mol. The third-order valence-corrected chi connectivity index (χ3v) is 2.50. The first kappa shape index (κ1) is 6.75. The molecule has 0 aromatic rings. The van der Waals surface area contributed by atoms with E-state index < -0.39 is 0 Å². The van der Waals surface area contributed by atoms with Crippen molar-refractivity contribution in [1.82, 2.24) is 9.73 Å². The first-order valence-electron chi connectivity index (χ1n) is 3.23. The lowest BCUT2D eigenvalue weighted by Gasteiger charge is -2.22. The van der Waals surface area contributed by atoms with Gasteiger partial charge in [0.25, 0.3) is 0 Å². The molecule has 58 valence electrons. The Hall–Kier alpha value is -0.940. The molecule has 0 atom stereocenters. The molecule has 0 amide bonds. The Morgan fingerprint density at radius 3 is 3.36 bits per heavy atom. The standard InChI is InChI=1S/C6H8N4S/c7-6-4-3-9-11-5(4)1-2-10(6)8/h1,3,7,9H,2,8H2. The average molecular weight is 168 g/mol. The van der Waals surface area contributed by atoms with Crippen molar-refractivity contribution < 1.29 is 0 Å². The highest BCUT2D eigenvalue weighted by atomic mass is 32.2. The maximum atomic E-state index is 7.56. The van der Waals surface area contributed by atoms with Crippen LogP contribution in [0.5, 0.6) is 0 Å². The second kappa shape index (κ2) is 2.28. The van der Waals surface area contributed by atoms with Crippen LogP contribution in [0.1, 0.15) is 0 Å². The van der Waals surface area contributed by atoms with Crippen molar-refractivity contribution >= 4 is 17.8 Å². The van der Waals surface area contributed by atoms with E-state index in [1.807, 2.05) is 6.08 Å². The molecule has 2 rings (SSSR count). The zero-order chi connectivity index (χ0) is 7.84. The van der Waals surface area contributed by atoms with Crippen molar-refractivity contribution in [2.45, 2.75) is 0 Å². The van der Waals surface area contributed by atoms with Crippen LogP contribution in [0.25, 0.3) is 0 Å². The van der Waals surface area contributed by atoms with Gasteiger partial charge in [-0.1, -0.05) is 0 Å². The van der Waals surface area contributed by atoms with Crippen LogP contribution >= 0.6 is 11.9 Å². The van der Waals surface area contributed by atoms with Crippen LogP contribution in [-0.2, 0) is 0 Å². The summed E-state index contributed by atoms with van der Waals surface area (Å²) in [6.07, 6.45) is 3.81. The lowest BCUT2D eigenvalue weighted by molar-refractivity contribution is 0.481. The normalized spacial score (nSPS) is 22.3. The smallest absolute Gasteiger partial charge is 0.145 e. The number of amidine groups is 1. The summed E-state index contributed by atoms with van der Waals surface area (Å²) in [7, 11) is 0. The van der Waals surface area contributed by atoms with Gasteiger partial charge in [-0.05, 0) is 18.0 Å². The molecule has 0 saturated carbocycles. The highest BCUT2D eigenvalue weighted by Gasteiger charge is 2.23. The highest BCUT2D eigenvalue weighted by Crippen LogP contribution is 2.30. The number of hydrogen-bond donors (Lipinski definition) is 3. The largest absolute Gasteiger partial charge is 0.332 e.